The minimum absolute atomic E-state index is 0.197. The van der Waals surface area contributed by atoms with E-state index in [0.29, 0.717) is 6.42 Å². The number of carbonyl (C=O) groups is 4. The SMILES string of the molecule is O=C(O)CC[C@H](NC(=O)[C@@H]1CCC(=O)N1)C(=O)O. The van der Waals surface area contributed by atoms with E-state index in [2.05, 4.69) is 10.6 Å². The third kappa shape index (κ3) is 4.04. The number of rotatable bonds is 6. The van der Waals surface area contributed by atoms with Gasteiger partial charge in [0.25, 0.3) is 0 Å². The van der Waals surface area contributed by atoms with Crippen molar-refractivity contribution in [2.24, 2.45) is 0 Å². The number of carboxylic acid groups (broad SMARTS) is 2. The quantitative estimate of drug-likeness (QED) is 0.468. The van der Waals surface area contributed by atoms with Crippen LogP contribution < -0.4 is 10.6 Å². The van der Waals surface area contributed by atoms with Gasteiger partial charge in [0.05, 0.1) is 0 Å². The lowest BCUT2D eigenvalue weighted by atomic mass is 10.1. The molecule has 1 saturated heterocycles. The molecule has 1 rings (SSSR count). The smallest absolute Gasteiger partial charge is 0.326 e. The van der Waals surface area contributed by atoms with Crippen LogP contribution in [0.25, 0.3) is 0 Å². The topological polar surface area (TPSA) is 133 Å². The van der Waals surface area contributed by atoms with Crippen LogP contribution in [-0.2, 0) is 19.2 Å². The molecule has 0 aromatic rings. The number of carboxylic acids is 2. The summed E-state index contributed by atoms with van der Waals surface area (Å²) in [6.07, 6.45) is -0.00771. The molecular formula is C10H14N2O6. The zero-order valence-corrected chi connectivity index (χ0v) is 9.51. The van der Waals surface area contributed by atoms with Gasteiger partial charge in [-0.25, -0.2) is 4.79 Å². The molecule has 4 N–H and O–H groups in total. The predicted molar refractivity (Wildman–Crippen MR) is 57.6 cm³/mol. The molecule has 1 aliphatic heterocycles. The summed E-state index contributed by atoms with van der Waals surface area (Å²) in [5.41, 5.74) is 0. The Morgan fingerprint density at radius 1 is 1.39 bits per heavy atom. The Balaban J connectivity index is 2.49. The van der Waals surface area contributed by atoms with Crippen molar-refractivity contribution in [3.8, 4) is 0 Å². The van der Waals surface area contributed by atoms with Crippen molar-refractivity contribution in [1.29, 1.82) is 0 Å². The molecule has 0 bridgehead atoms. The fourth-order valence-electron chi connectivity index (χ4n) is 1.61. The summed E-state index contributed by atoms with van der Waals surface area (Å²) in [6.45, 7) is 0. The van der Waals surface area contributed by atoms with Crippen molar-refractivity contribution in [2.45, 2.75) is 37.8 Å². The van der Waals surface area contributed by atoms with Gasteiger partial charge < -0.3 is 20.8 Å². The molecule has 1 aliphatic rings. The van der Waals surface area contributed by atoms with Crippen LogP contribution in [0.15, 0.2) is 0 Å². The summed E-state index contributed by atoms with van der Waals surface area (Å²) in [5, 5.41) is 21.9. The molecule has 0 aromatic heterocycles. The second kappa shape index (κ2) is 5.99. The molecule has 100 valence electrons. The number of nitrogens with one attached hydrogen (secondary N) is 2. The van der Waals surface area contributed by atoms with Gasteiger partial charge in [-0.15, -0.1) is 0 Å². The molecule has 0 saturated carbocycles. The Morgan fingerprint density at radius 2 is 2.06 bits per heavy atom. The molecule has 0 spiro atoms. The van der Waals surface area contributed by atoms with Gasteiger partial charge in [-0.2, -0.15) is 0 Å². The van der Waals surface area contributed by atoms with Crippen LogP contribution in [0.4, 0.5) is 0 Å². The Hall–Kier alpha value is -2.12. The molecule has 0 aromatic carbocycles. The number of hydrogen-bond donors (Lipinski definition) is 4. The van der Waals surface area contributed by atoms with E-state index in [0.717, 1.165) is 0 Å². The monoisotopic (exact) mass is 258 g/mol. The Kier molecular flexibility index (Phi) is 4.64. The number of carbonyl (C=O) groups excluding carboxylic acids is 2. The molecule has 18 heavy (non-hydrogen) atoms. The highest BCUT2D eigenvalue weighted by molar-refractivity contribution is 5.92. The van der Waals surface area contributed by atoms with Gasteiger partial charge in [0.1, 0.15) is 12.1 Å². The van der Waals surface area contributed by atoms with E-state index in [-0.39, 0.29) is 25.2 Å². The van der Waals surface area contributed by atoms with Crippen LogP contribution in [0.1, 0.15) is 25.7 Å². The average Bonchev–Trinajstić information content (AvgIpc) is 2.70. The van der Waals surface area contributed by atoms with Crippen molar-refractivity contribution in [1.82, 2.24) is 10.6 Å². The zero-order valence-electron chi connectivity index (χ0n) is 9.51. The van der Waals surface area contributed by atoms with Gasteiger partial charge in [-0.1, -0.05) is 0 Å². The van der Waals surface area contributed by atoms with Crippen molar-refractivity contribution in [3.05, 3.63) is 0 Å². The molecular weight excluding hydrogens is 244 g/mol. The van der Waals surface area contributed by atoms with Crippen LogP contribution in [-0.4, -0.2) is 46.0 Å². The summed E-state index contributed by atoms with van der Waals surface area (Å²) in [5.74, 6) is -3.29. The Bertz CT molecular complexity index is 381. The van der Waals surface area contributed by atoms with Gasteiger partial charge >= 0.3 is 11.9 Å². The lowest BCUT2D eigenvalue weighted by Gasteiger charge is -2.16. The van der Waals surface area contributed by atoms with Crippen molar-refractivity contribution in [2.75, 3.05) is 0 Å². The lowest BCUT2D eigenvalue weighted by Crippen LogP contribution is -2.48. The van der Waals surface area contributed by atoms with Crippen LogP contribution in [0.3, 0.4) is 0 Å². The summed E-state index contributed by atoms with van der Waals surface area (Å²) in [4.78, 5) is 43.7. The van der Waals surface area contributed by atoms with E-state index in [9.17, 15) is 19.2 Å². The lowest BCUT2D eigenvalue weighted by molar-refractivity contribution is -0.143. The third-order valence-corrected chi connectivity index (χ3v) is 2.57. The first-order valence-corrected chi connectivity index (χ1v) is 5.44. The maximum Gasteiger partial charge on any atom is 0.326 e. The highest BCUT2D eigenvalue weighted by Gasteiger charge is 2.30. The van der Waals surface area contributed by atoms with E-state index < -0.39 is 29.9 Å². The second-order valence-electron chi connectivity index (χ2n) is 3.99. The van der Waals surface area contributed by atoms with E-state index in [4.69, 9.17) is 10.2 Å². The maximum absolute atomic E-state index is 11.6. The Morgan fingerprint density at radius 3 is 2.50 bits per heavy atom. The third-order valence-electron chi connectivity index (χ3n) is 2.57. The Labute approximate surface area is 102 Å². The summed E-state index contributed by atoms with van der Waals surface area (Å²) in [7, 11) is 0. The van der Waals surface area contributed by atoms with Crippen LogP contribution in [0.5, 0.6) is 0 Å². The standard InChI is InChI=1S/C10H14N2O6/c13-7-3-1-5(11-7)9(16)12-6(10(17)18)2-4-8(14)15/h5-6H,1-4H2,(H,11,13)(H,12,16)(H,14,15)(H,17,18)/t5-,6-/m0/s1. The molecule has 1 fully saturated rings. The van der Waals surface area contributed by atoms with Crippen molar-refractivity contribution >= 4 is 23.8 Å². The van der Waals surface area contributed by atoms with E-state index in [1.807, 2.05) is 0 Å². The number of hydrogen-bond acceptors (Lipinski definition) is 4. The fourth-order valence-corrected chi connectivity index (χ4v) is 1.61. The van der Waals surface area contributed by atoms with Crippen molar-refractivity contribution in [3.63, 3.8) is 0 Å². The minimum atomic E-state index is -1.30. The largest absolute Gasteiger partial charge is 0.481 e. The van der Waals surface area contributed by atoms with Gasteiger partial charge in [0, 0.05) is 12.8 Å². The first-order valence-electron chi connectivity index (χ1n) is 5.44. The van der Waals surface area contributed by atoms with E-state index in [1.165, 1.54) is 0 Å². The van der Waals surface area contributed by atoms with Crippen molar-refractivity contribution < 1.29 is 29.4 Å². The molecule has 8 heteroatoms. The van der Waals surface area contributed by atoms with Gasteiger partial charge in [-0.05, 0) is 12.8 Å². The minimum Gasteiger partial charge on any atom is -0.481 e. The van der Waals surface area contributed by atoms with Crippen LogP contribution >= 0.6 is 0 Å². The summed E-state index contributed by atoms with van der Waals surface area (Å²) >= 11 is 0. The molecule has 2 amide bonds. The molecule has 2 atom stereocenters. The first-order chi connectivity index (χ1) is 8.40. The molecule has 8 nitrogen and oxygen atoms in total. The van der Waals surface area contributed by atoms with E-state index in [1.54, 1.807) is 0 Å². The maximum atomic E-state index is 11.6. The summed E-state index contributed by atoms with van der Waals surface area (Å²) in [6, 6.07) is -1.99. The fraction of sp³-hybridized carbons (Fsp3) is 0.600. The number of amides is 2. The molecule has 0 radical (unpaired) electrons. The number of aliphatic carboxylic acids is 2. The van der Waals surface area contributed by atoms with Gasteiger partial charge in [0.2, 0.25) is 11.8 Å². The highest BCUT2D eigenvalue weighted by atomic mass is 16.4. The first kappa shape index (κ1) is 13.9. The van der Waals surface area contributed by atoms with Gasteiger partial charge in [0.15, 0.2) is 0 Å². The highest BCUT2D eigenvalue weighted by Crippen LogP contribution is 2.07. The predicted octanol–water partition coefficient (Wildman–Crippen LogP) is -1.30. The second-order valence-corrected chi connectivity index (χ2v) is 3.99. The van der Waals surface area contributed by atoms with E-state index >= 15 is 0 Å². The van der Waals surface area contributed by atoms with Crippen LogP contribution in [0, 0.1) is 0 Å². The normalized spacial score (nSPS) is 20.0. The van der Waals surface area contributed by atoms with Crippen LogP contribution in [0.2, 0.25) is 0 Å². The molecule has 1 heterocycles. The summed E-state index contributed by atoms with van der Waals surface area (Å²) < 4.78 is 0. The zero-order chi connectivity index (χ0) is 13.7. The average molecular weight is 258 g/mol. The van der Waals surface area contributed by atoms with Gasteiger partial charge in [-0.3, -0.25) is 14.4 Å². The molecule has 0 unspecified atom stereocenters. The molecule has 0 aliphatic carbocycles.